The third kappa shape index (κ3) is 4.37. The van der Waals surface area contributed by atoms with Crippen molar-refractivity contribution in [2.24, 2.45) is 5.10 Å². The van der Waals surface area contributed by atoms with Crippen LogP contribution in [0.3, 0.4) is 0 Å². The highest BCUT2D eigenvalue weighted by Gasteiger charge is 2.34. The number of nitrogens with zero attached hydrogens (tertiary/aromatic N) is 4. The number of hydrazone groups is 1. The summed E-state index contributed by atoms with van der Waals surface area (Å²) in [6.07, 6.45) is 4.27. The number of hydrogen-bond donors (Lipinski definition) is 2. The van der Waals surface area contributed by atoms with Gasteiger partial charge in [-0.1, -0.05) is 12.1 Å². The first-order chi connectivity index (χ1) is 19.7. The molecule has 3 heterocycles. The Morgan fingerprint density at radius 3 is 2.32 bits per heavy atom. The molecule has 1 aromatic heterocycles. The van der Waals surface area contributed by atoms with Gasteiger partial charge in [0, 0.05) is 34.0 Å². The third-order valence-electron chi connectivity index (χ3n) is 7.79. The van der Waals surface area contributed by atoms with Crippen molar-refractivity contribution in [1.29, 1.82) is 0 Å². The summed E-state index contributed by atoms with van der Waals surface area (Å²) >= 11 is 3.41. The van der Waals surface area contributed by atoms with Crippen molar-refractivity contribution in [3.05, 3.63) is 95.6 Å². The maximum absolute atomic E-state index is 13.5. The fourth-order valence-electron chi connectivity index (χ4n) is 5.51. The molecule has 0 atom stereocenters. The van der Waals surface area contributed by atoms with E-state index in [0.717, 1.165) is 58.9 Å². The number of aromatic hydroxyl groups is 1. The molecular weight excluding hydrogens is 590 g/mol. The molecule has 0 unspecified atom stereocenters. The number of carbonyl (C=O) groups excluding carboxylic acids is 2. The minimum atomic E-state index is -0.918. The lowest BCUT2D eigenvalue weighted by Gasteiger charge is -2.31. The zero-order chi connectivity index (χ0) is 29.0. The van der Waals surface area contributed by atoms with E-state index in [1.165, 1.54) is 6.42 Å². The number of piperidine rings is 1. The van der Waals surface area contributed by atoms with Crippen LogP contribution in [0.2, 0.25) is 0 Å². The van der Waals surface area contributed by atoms with Gasteiger partial charge in [-0.3, -0.25) is 19.4 Å². The summed E-state index contributed by atoms with van der Waals surface area (Å²) in [5.41, 5.74) is 1.57. The van der Waals surface area contributed by atoms with Crippen LogP contribution in [-0.4, -0.2) is 50.8 Å². The van der Waals surface area contributed by atoms with Gasteiger partial charge in [-0.25, -0.2) is 9.36 Å². The van der Waals surface area contributed by atoms with Crippen LogP contribution in [0, 0.1) is 13.8 Å². The molecule has 208 valence electrons. The SMILES string of the molecule is Cc1cc(Br)c(-n2c(O)c(C=NN3C(=O)c4cccc5c(N6CCCCC6)ccc(c45)C3=O)c(=O)[nH]c2=O)cc1C. The van der Waals surface area contributed by atoms with Gasteiger partial charge in [0.25, 0.3) is 17.4 Å². The zero-order valence-corrected chi connectivity index (χ0v) is 24.0. The molecule has 0 saturated carbocycles. The van der Waals surface area contributed by atoms with Gasteiger partial charge in [0.2, 0.25) is 5.88 Å². The molecule has 1 saturated heterocycles. The Kier molecular flexibility index (Phi) is 6.61. The second-order valence-corrected chi connectivity index (χ2v) is 11.1. The average Bonchev–Trinajstić information content (AvgIpc) is 2.95. The van der Waals surface area contributed by atoms with E-state index in [0.29, 0.717) is 31.7 Å². The smallest absolute Gasteiger partial charge is 0.335 e. The Morgan fingerprint density at radius 1 is 0.902 bits per heavy atom. The van der Waals surface area contributed by atoms with Crippen molar-refractivity contribution in [3.8, 4) is 11.6 Å². The van der Waals surface area contributed by atoms with Crippen molar-refractivity contribution >= 4 is 50.4 Å². The van der Waals surface area contributed by atoms with Crippen LogP contribution in [0.5, 0.6) is 5.88 Å². The molecule has 2 aliphatic rings. The molecule has 0 aliphatic carbocycles. The van der Waals surface area contributed by atoms with Gasteiger partial charge in [-0.2, -0.15) is 10.1 Å². The first-order valence-electron chi connectivity index (χ1n) is 13.3. The Morgan fingerprint density at radius 2 is 1.59 bits per heavy atom. The van der Waals surface area contributed by atoms with E-state index < -0.39 is 28.9 Å². The van der Waals surface area contributed by atoms with Crippen LogP contribution in [-0.2, 0) is 0 Å². The zero-order valence-electron chi connectivity index (χ0n) is 22.4. The van der Waals surface area contributed by atoms with E-state index >= 15 is 0 Å². The van der Waals surface area contributed by atoms with Crippen molar-refractivity contribution < 1.29 is 14.7 Å². The molecule has 0 spiro atoms. The lowest BCUT2D eigenvalue weighted by molar-refractivity contribution is 0.0616. The van der Waals surface area contributed by atoms with Gasteiger partial charge in [-0.15, -0.1) is 0 Å². The highest BCUT2D eigenvalue weighted by molar-refractivity contribution is 9.10. The minimum Gasteiger partial charge on any atom is -0.493 e. The van der Waals surface area contributed by atoms with Crippen LogP contribution < -0.4 is 16.1 Å². The summed E-state index contributed by atoms with van der Waals surface area (Å²) in [7, 11) is 0. The van der Waals surface area contributed by atoms with Crippen LogP contribution in [0.15, 0.2) is 61.6 Å². The van der Waals surface area contributed by atoms with E-state index in [4.69, 9.17) is 0 Å². The molecule has 41 heavy (non-hydrogen) atoms. The number of amides is 2. The largest absolute Gasteiger partial charge is 0.493 e. The molecule has 0 bridgehead atoms. The van der Waals surface area contributed by atoms with Gasteiger partial charge in [-0.05, 0) is 90.5 Å². The van der Waals surface area contributed by atoms with Gasteiger partial charge in [0.05, 0.1) is 23.0 Å². The number of benzene rings is 3. The summed E-state index contributed by atoms with van der Waals surface area (Å²) in [6.45, 7) is 5.58. The predicted molar refractivity (Wildman–Crippen MR) is 160 cm³/mol. The van der Waals surface area contributed by atoms with Crippen LogP contribution in [0.4, 0.5) is 5.69 Å². The molecule has 11 heteroatoms. The monoisotopic (exact) mass is 615 g/mol. The van der Waals surface area contributed by atoms with E-state index in [1.807, 2.05) is 26.0 Å². The molecule has 6 rings (SSSR count). The molecule has 2 amide bonds. The van der Waals surface area contributed by atoms with E-state index in [-0.39, 0.29) is 5.56 Å². The number of H-pyrrole nitrogens is 1. The Hall–Kier alpha value is -4.51. The van der Waals surface area contributed by atoms with E-state index in [9.17, 15) is 24.3 Å². The lowest BCUT2D eigenvalue weighted by Crippen LogP contribution is -2.37. The second kappa shape index (κ2) is 10.2. The molecule has 3 aromatic carbocycles. The maximum Gasteiger partial charge on any atom is 0.335 e. The second-order valence-electron chi connectivity index (χ2n) is 10.3. The standard InChI is InChI=1S/C30H26BrN5O5/c1-16-13-22(31)24(14-17(16)2)35-27(38)21(26(37)33-30(35)41)15-32-36-28(39)19-8-6-7-18-23(34-11-4-3-5-12-34)10-9-20(25(18)19)29(36)40/h6-10,13-15,38H,3-5,11-12H2,1-2H3,(H,33,37,41). The fraction of sp³-hybridized carbons (Fsp3) is 0.233. The van der Waals surface area contributed by atoms with Crippen LogP contribution in [0.1, 0.15) is 56.7 Å². The minimum absolute atomic E-state index is 0.303. The van der Waals surface area contributed by atoms with Crippen LogP contribution in [0.25, 0.3) is 16.5 Å². The number of anilines is 1. The molecule has 10 nitrogen and oxygen atoms in total. The number of rotatable bonds is 4. The summed E-state index contributed by atoms with van der Waals surface area (Å²) in [5, 5.41) is 17.1. The van der Waals surface area contributed by atoms with Gasteiger partial charge in [0.1, 0.15) is 5.56 Å². The normalized spacial score (nSPS) is 15.4. The average molecular weight is 616 g/mol. The summed E-state index contributed by atoms with van der Waals surface area (Å²) in [6, 6.07) is 12.4. The number of aromatic nitrogens is 2. The maximum atomic E-state index is 13.5. The number of nitrogens with one attached hydrogen (secondary N) is 1. The van der Waals surface area contributed by atoms with E-state index in [1.54, 1.807) is 30.3 Å². The number of imide groups is 1. The van der Waals surface area contributed by atoms with Gasteiger partial charge in [0.15, 0.2) is 0 Å². The number of carbonyl (C=O) groups is 2. The molecule has 2 aliphatic heterocycles. The quantitative estimate of drug-likeness (QED) is 0.259. The number of aryl methyl sites for hydroxylation is 2. The summed E-state index contributed by atoms with van der Waals surface area (Å²) < 4.78 is 1.44. The van der Waals surface area contributed by atoms with Crippen molar-refractivity contribution in [2.45, 2.75) is 33.1 Å². The Bertz CT molecular complexity index is 1900. The highest BCUT2D eigenvalue weighted by atomic mass is 79.9. The molecule has 1 fully saturated rings. The Labute approximate surface area is 242 Å². The number of aromatic amines is 1. The predicted octanol–water partition coefficient (Wildman–Crippen LogP) is 4.38. The number of halogens is 1. The Balaban J connectivity index is 1.42. The third-order valence-corrected chi connectivity index (χ3v) is 8.42. The summed E-state index contributed by atoms with van der Waals surface area (Å²) in [4.78, 5) is 56.9. The van der Waals surface area contributed by atoms with E-state index in [2.05, 4.69) is 30.9 Å². The first kappa shape index (κ1) is 26.7. The van der Waals surface area contributed by atoms with Gasteiger partial charge < -0.3 is 10.0 Å². The number of hydrogen-bond acceptors (Lipinski definition) is 7. The first-order valence-corrected chi connectivity index (χ1v) is 14.1. The van der Waals surface area contributed by atoms with Gasteiger partial charge >= 0.3 is 5.69 Å². The molecule has 2 N–H and O–H groups in total. The van der Waals surface area contributed by atoms with Crippen molar-refractivity contribution in [3.63, 3.8) is 0 Å². The van der Waals surface area contributed by atoms with Crippen LogP contribution >= 0.6 is 15.9 Å². The highest BCUT2D eigenvalue weighted by Crippen LogP contribution is 2.37. The van der Waals surface area contributed by atoms with Crippen molar-refractivity contribution in [2.75, 3.05) is 18.0 Å². The fourth-order valence-corrected chi connectivity index (χ4v) is 6.15. The topological polar surface area (TPSA) is 128 Å². The summed E-state index contributed by atoms with van der Waals surface area (Å²) in [5.74, 6) is -1.99. The molecule has 0 radical (unpaired) electrons. The lowest BCUT2D eigenvalue weighted by atomic mass is 9.93. The van der Waals surface area contributed by atoms with Crippen molar-refractivity contribution in [1.82, 2.24) is 14.6 Å². The molecule has 4 aromatic rings. The molecular formula is C30H26BrN5O5.